The minimum Gasteiger partial charge on any atom is -0.368 e. The Morgan fingerprint density at radius 2 is 0.818 bits per heavy atom. The number of hydrogen-bond acceptors (Lipinski definition) is 8. The summed E-state index contributed by atoms with van der Waals surface area (Å²) < 4.78 is 0. The van der Waals surface area contributed by atoms with E-state index >= 15 is 0 Å². The second-order valence-electron chi connectivity index (χ2n) is 6.81. The highest BCUT2D eigenvalue weighted by Gasteiger charge is 2.42. The lowest BCUT2D eigenvalue weighted by Crippen LogP contribution is -2.35. The molecule has 0 atom stereocenters. The number of nitrogens with two attached hydrogens (primary N) is 1. The smallest absolute Gasteiger partial charge is 0.268 e. The van der Waals surface area contributed by atoms with E-state index in [9.17, 15) is 19.2 Å². The van der Waals surface area contributed by atoms with E-state index in [0.717, 1.165) is 0 Å². The van der Waals surface area contributed by atoms with Crippen LogP contribution in [-0.2, 0) is 0 Å². The van der Waals surface area contributed by atoms with E-state index in [1.807, 2.05) is 0 Å². The molecule has 4 amide bonds. The molecule has 0 fully saturated rings. The van der Waals surface area contributed by atoms with Gasteiger partial charge >= 0.3 is 0 Å². The lowest BCUT2D eigenvalue weighted by atomic mass is 10.1. The van der Waals surface area contributed by atoms with Crippen LogP contribution >= 0.6 is 46.4 Å². The Labute approximate surface area is 203 Å². The van der Waals surface area contributed by atoms with Gasteiger partial charge in [-0.25, -0.2) is 9.80 Å². The van der Waals surface area contributed by atoms with Gasteiger partial charge < -0.3 is 5.73 Å². The average Bonchev–Trinajstić information content (AvgIpc) is 3.12. The summed E-state index contributed by atoms with van der Waals surface area (Å²) in [6, 6.07) is 4.95. The number of anilines is 3. The van der Waals surface area contributed by atoms with Crippen molar-refractivity contribution in [1.29, 1.82) is 0 Å². The van der Waals surface area contributed by atoms with E-state index in [0.29, 0.717) is 9.80 Å². The van der Waals surface area contributed by atoms with Crippen LogP contribution in [0, 0.1) is 0 Å². The predicted molar refractivity (Wildman–Crippen MR) is 119 cm³/mol. The van der Waals surface area contributed by atoms with Crippen LogP contribution in [0.2, 0.25) is 20.1 Å². The van der Waals surface area contributed by atoms with Gasteiger partial charge in [0, 0.05) is 0 Å². The number of halogens is 4. The number of benzene rings is 2. The third kappa shape index (κ3) is 3.14. The van der Waals surface area contributed by atoms with E-state index in [-0.39, 0.29) is 42.3 Å². The number of imide groups is 2. The van der Waals surface area contributed by atoms with Gasteiger partial charge in [0.05, 0.1) is 42.3 Å². The van der Waals surface area contributed by atoms with Crippen LogP contribution in [0.3, 0.4) is 0 Å². The molecular weight excluding hydrogens is 518 g/mol. The van der Waals surface area contributed by atoms with Crippen LogP contribution in [0.5, 0.6) is 0 Å². The molecule has 0 aliphatic carbocycles. The number of nitrogen functional groups attached to an aromatic ring is 1. The maximum atomic E-state index is 12.9. The van der Waals surface area contributed by atoms with Crippen LogP contribution in [-0.4, -0.2) is 38.6 Å². The van der Waals surface area contributed by atoms with Crippen LogP contribution in [0.25, 0.3) is 0 Å². The molecule has 1 aromatic heterocycles. The van der Waals surface area contributed by atoms with Gasteiger partial charge in [-0.1, -0.05) is 46.4 Å². The molecule has 2 aromatic carbocycles. The van der Waals surface area contributed by atoms with Gasteiger partial charge in [0.15, 0.2) is 0 Å². The number of fused-ring (bicyclic) bond motifs is 2. The zero-order valence-electron chi connectivity index (χ0n) is 15.8. The van der Waals surface area contributed by atoms with Gasteiger partial charge in [-0.15, -0.1) is 0 Å². The second-order valence-corrected chi connectivity index (χ2v) is 8.44. The van der Waals surface area contributed by atoms with Crippen molar-refractivity contribution in [1.82, 2.24) is 15.0 Å². The van der Waals surface area contributed by atoms with Crippen molar-refractivity contribution in [2.75, 3.05) is 15.5 Å². The lowest BCUT2D eigenvalue weighted by molar-refractivity contribution is 0.0911. The molecular formula is C19H6Cl4N6O4. The zero-order valence-corrected chi connectivity index (χ0v) is 18.8. The van der Waals surface area contributed by atoms with E-state index in [1.54, 1.807) is 0 Å². The van der Waals surface area contributed by atoms with Gasteiger partial charge in [0.25, 0.3) is 23.6 Å². The fourth-order valence-electron chi connectivity index (χ4n) is 3.40. The second kappa shape index (κ2) is 7.35. The predicted octanol–water partition coefficient (Wildman–Crippen LogP) is 3.67. The maximum absolute atomic E-state index is 12.9. The molecule has 5 rings (SSSR count). The molecule has 14 heteroatoms. The van der Waals surface area contributed by atoms with Crippen LogP contribution in [0.4, 0.5) is 17.8 Å². The summed E-state index contributed by atoms with van der Waals surface area (Å²) in [5.41, 5.74) is 5.63. The Morgan fingerprint density at radius 3 is 1.09 bits per heavy atom. The summed E-state index contributed by atoms with van der Waals surface area (Å²) in [7, 11) is 0. The number of aromatic nitrogens is 3. The van der Waals surface area contributed by atoms with Gasteiger partial charge in [0.2, 0.25) is 17.8 Å². The van der Waals surface area contributed by atoms with E-state index < -0.39 is 41.5 Å². The fraction of sp³-hybridized carbons (Fsp3) is 0. The number of amides is 4. The highest BCUT2D eigenvalue weighted by atomic mass is 35.5. The Bertz CT molecular complexity index is 1290. The van der Waals surface area contributed by atoms with E-state index in [1.165, 1.54) is 24.3 Å². The fourth-order valence-corrected chi connectivity index (χ4v) is 4.06. The standard InChI is InChI=1S/C19H6Cl4N6O4/c20-9-1-5-6(2-10(9)21)14(31)28(13(5)30)18-25-17(24)26-19(27-18)29-15(32)7-3-11(22)12(23)4-8(7)16(29)33/h1-4H,(H2,24,25,26,27). The van der Waals surface area contributed by atoms with Gasteiger partial charge in [-0.2, -0.15) is 15.0 Å². The van der Waals surface area contributed by atoms with E-state index in [4.69, 9.17) is 52.1 Å². The normalized spacial score (nSPS) is 14.9. The van der Waals surface area contributed by atoms with E-state index in [2.05, 4.69) is 15.0 Å². The van der Waals surface area contributed by atoms with Gasteiger partial charge in [-0.05, 0) is 24.3 Å². The molecule has 2 N–H and O–H groups in total. The molecule has 0 unspecified atom stereocenters. The van der Waals surface area contributed by atoms with Crippen LogP contribution in [0.15, 0.2) is 24.3 Å². The molecule has 2 aliphatic rings. The molecule has 3 aromatic rings. The van der Waals surface area contributed by atoms with Crippen molar-refractivity contribution in [2.45, 2.75) is 0 Å². The topological polar surface area (TPSA) is 139 Å². The Balaban J connectivity index is 1.59. The first kappa shape index (κ1) is 21.5. The van der Waals surface area contributed by atoms with Crippen LogP contribution in [0.1, 0.15) is 41.4 Å². The number of carbonyl (C=O) groups excluding carboxylic acids is 4. The molecule has 33 heavy (non-hydrogen) atoms. The molecule has 0 bridgehead atoms. The largest absolute Gasteiger partial charge is 0.368 e. The highest BCUT2D eigenvalue weighted by Crippen LogP contribution is 2.35. The van der Waals surface area contributed by atoms with Gasteiger partial charge in [-0.3, -0.25) is 19.2 Å². The lowest BCUT2D eigenvalue weighted by Gasteiger charge is -2.16. The quantitative estimate of drug-likeness (QED) is 0.502. The summed E-state index contributed by atoms with van der Waals surface area (Å²) in [6.07, 6.45) is 0. The summed E-state index contributed by atoms with van der Waals surface area (Å²) in [6.45, 7) is 0. The van der Waals surface area contributed by atoms with Crippen molar-refractivity contribution in [3.63, 3.8) is 0 Å². The summed E-state index contributed by atoms with van der Waals surface area (Å²) in [5, 5.41) is 0.269. The SMILES string of the molecule is Nc1nc(N2C(=O)c3cc(Cl)c(Cl)cc3C2=O)nc(N2C(=O)c3cc(Cl)c(Cl)cc3C2=O)n1. The maximum Gasteiger partial charge on any atom is 0.268 e. The first-order chi connectivity index (χ1) is 15.6. The first-order valence-corrected chi connectivity index (χ1v) is 10.4. The molecule has 10 nitrogen and oxygen atoms in total. The minimum atomic E-state index is -0.800. The number of nitrogens with zero attached hydrogens (tertiary/aromatic N) is 5. The third-order valence-electron chi connectivity index (χ3n) is 4.88. The average molecular weight is 524 g/mol. The monoisotopic (exact) mass is 522 g/mol. The summed E-state index contributed by atoms with van der Waals surface area (Å²) >= 11 is 23.8. The molecule has 0 radical (unpaired) electrons. The summed E-state index contributed by atoms with van der Waals surface area (Å²) in [5.74, 6) is -4.64. The van der Waals surface area contributed by atoms with Gasteiger partial charge in [0.1, 0.15) is 0 Å². The Morgan fingerprint density at radius 1 is 0.545 bits per heavy atom. The van der Waals surface area contributed by atoms with Crippen molar-refractivity contribution in [3.8, 4) is 0 Å². The van der Waals surface area contributed by atoms with Crippen molar-refractivity contribution < 1.29 is 19.2 Å². The molecule has 164 valence electrons. The number of hydrogen-bond donors (Lipinski definition) is 1. The Kier molecular flexibility index (Phi) is 4.80. The molecule has 0 spiro atoms. The number of rotatable bonds is 2. The minimum absolute atomic E-state index is 0.0278. The van der Waals surface area contributed by atoms with Crippen molar-refractivity contribution >= 4 is 87.9 Å². The first-order valence-electron chi connectivity index (χ1n) is 8.85. The number of carbonyl (C=O) groups is 4. The molecule has 0 saturated carbocycles. The molecule has 2 aliphatic heterocycles. The zero-order chi connectivity index (χ0) is 23.8. The Hall–Kier alpha value is -3.31. The highest BCUT2D eigenvalue weighted by molar-refractivity contribution is 6.45. The molecule has 0 saturated heterocycles. The summed E-state index contributed by atoms with van der Waals surface area (Å²) in [4.78, 5) is 64.4. The third-order valence-corrected chi connectivity index (χ3v) is 6.33. The molecule has 3 heterocycles. The van der Waals surface area contributed by atoms with Crippen molar-refractivity contribution in [2.24, 2.45) is 0 Å². The van der Waals surface area contributed by atoms with Crippen LogP contribution < -0.4 is 15.5 Å². The van der Waals surface area contributed by atoms with Crippen molar-refractivity contribution in [3.05, 3.63) is 66.6 Å².